The van der Waals surface area contributed by atoms with Crippen molar-refractivity contribution >= 4 is 23.8 Å². The van der Waals surface area contributed by atoms with E-state index in [1.807, 2.05) is 6.92 Å². The van der Waals surface area contributed by atoms with Crippen LogP contribution >= 0.6 is 0 Å². The van der Waals surface area contributed by atoms with Gasteiger partial charge in [-0.2, -0.15) is 0 Å². The van der Waals surface area contributed by atoms with E-state index in [2.05, 4.69) is 5.32 Å². The molecule has 24 heavy (non-hydrogen) atoms. The summed E-state index contributed by atoms with van der Waals surface area (Å²) < 4.78 is 0. The maximum Gasteiger partial charge on any atom is 0.326 e. The molecule has 0 aromatic rings. The number of nitrogens with zero attached hydrogens (tertiary/aromatic N) is 2. The Balaban J connectivity index is 1.73. The second-order valence-corrected chi connectivity index (χ2v) is 7.02. The number of urea groups is 1. The smallest absolute Gasteiger partial charge is 0.326 e. The summed E-state index contributed by atoms with van der Waals surface area (Å²) in [6, 6.07) is -1.41. The van der Waals surface area contributed by atoms with Crippen LogP contribution in [0.15, 0.2) is 0 Å². The Bertz CT molecular complexity index is 592. The summed E-state index contributed by atoms with van der Waals surface area (Å²) >= 11 is 0. The fraction of sp³-hybridized carbons (Fsp3) is 0.750. The summed E-state index contributed by atoms with van der Waals surface area (Å²) in [5.74, 6) is -1.85. The standard InChI is InChI=1S/C16H23N3O5/c1-10-5-2-3-7-16(10)14(23)19(15(24)17-16)9-12(20)18-8-4-6-11(18)13(21)22/h10-11H,2-9H2,1H3,(H,17,24)(H,21,22). The molecule has 0 aromatic carbocycles. The van der Waals surface area contributed by atoms with Crippen molar-refractivity contribution in [1.82, 2.24) is 15.1 Å². The Morgan fingerprint density at radius 2 is 2.00 bits per heavy atom. The number of carbonyl (C=O) groups excluding carboxylic acids is 3. The van der Waals surface area contributed by atoms with Crippen LogP contribution in [0.3, 0.4) is 0 Å². The number of imide groups is 1. The molecule has 4 amide bonds. The van der Waals surface area contributed by atoms with E-state index in [1.54, 1.807) is 0 Å². The molecule has 1 aliphatic carbocycles. The maximum atomic E-state index is 12.8. The van der Waals surface area contributed by atoms with Gasteiger partial charge < -0.3 is 15.3 Å². The lowest BCUT2D eigenvalue weighted by molar-refractivity contribution is -0.149. The molecule has 2 N–H and O–H groups in total. The van der Waals surface area contributed by atoms with Crippen LogP contribution < -0.4 is 5.32 Å². The highest BCUT2D eigenvalue weighted by atomic mass is 16.4. The first-order chi connectivity index (χ1) is 11.4. The summed E-state index contributed by atoms with van der Waals surface area (Å²) in [6.07, 6.45) is 4.36. The molecule has 3 atom stereocenters. The number of hydrogen-bond donors (Lipinski definition) is 2. The van der Waals surface area contributed by atoms with Crippen LogP contribution in [-0.4, -0.2) is 63.4 Å². The molecule has 1 spiro atoms. The third-order valence-electron chi connectivity index (χ3n) is 5.65. The topological polar surface area (TPSA) is 107 Å². The Morgan fingerprint density at radius 1 is 1.25 bits per heavy atom. The van der Waals surface area contributed by atoms with E-state index >= 15 is 0 Å². The zero-order valence-corrected chi connectivity index (χ0v) is 13.8. The molecule has 3 unspecified atom stereocenters. The number of carbonyl (C=O) groups is 4. The van der Waals surface area contributed by atoms with Gasteiger partial charge >= 0.3 is 12.0 Å². The fourth-order valence-corrected chi connectivity index (χ4v) is 4.19. The summed E-state index contributed by atoms with van der Waals surface area (Å²) in [6.45, 7) is 1.91. The van der Waals surface area contributed by atoms with Crippen LogP contribution in [-0.2, 0) is 14.4 Å². The van der Waals surface area contributed by atoms with Crippen LogP contribution in [0.1, 0.15) is 45.4 Å². The number of amides is 4. The average molecular weight is 337 g/mol. The van der Waals surface area contributed by atoms with Gasteiger partial charge in [0.25, 0.3) is 5.91 Å². The minimum Gasteiger partial charge on any atom is -0.480 e. The quantitative estimate of drug-likeness (QED) is 0.732. The van der Waals surface area contributed by atoms with E-state index in [9.17, 15) is 24.3 Å². The molecule has 1 saturated carbocycles. The van der Waals surface area contributed by atoms with Crippen molar-refractivity contribution in [2.45, 2.75) is 57.0 Å². The first-order valence-electron chi connectivity index (χ1n) is 8.53. The minimum absolute atomic E-state index is 0.0290. The van der Waals surface area contributed by atoms with E-state index < -0.39 is 29.5 Å². The van der Waals surface area contributed by atoms with Gasteiger partial charge in [-0.15, -0.1) is 0 Å². The highest BCUT2D eigenvalue weighted by Crippen LogP contribution is 2.38. The highest BCUT2D eigenvalue weighted by molar-refractivity contribution is 6.09. The number of carboxylic acids is 1. The highest BCUT2D eigenvalue weighted by Gasteiger charge is 2.55. The van der Waals surface area contributed by atoms with Crippen LogP contribution in [0.4, 0.5) is 4.79 Å². The van der Waals surface area contributed by atoms with Crippen molar-refractivity contribution in [3.05, 3.63) is 0 Å². The molecule has 2 aliphatic heterocycles. The second-order valence-electron chi connectivity index (χ2n) is 7.02. The SMILES string of the molecule is CC1CCCCC12NC(=O)N(CC(=O)N1CCCC1C(=O)O)C2=O. The number of nitrogens with one attached hydrogen (secondary N) is 1. The van der Waals surface area contributed by atoms with Crippen molar-refractivity contribution in [2.24, 2.45) is 5.92 Å². The Labute approximate surface area is 140 Å². The summed E-state index contributed by atoms with van der Waals surface area (Å²) in [4.78, 5) is 51.0. The van der Waals surface area contributed by atoms with Gasteiger partial charge in [-0.3, -0.25) is 14.5 Å². The molecular weight excluding hydrogens is 314 g/mol. The molecule has 8 heteroatoms. The number of rotatable bonds is 3. The first-order valence-corrected chi connectivity index (χ1v) is 8.53. The lowest BCUT2D eigenvalue weighted by atomic mass is 9.73. The maximum absolute atomic E-state index is 12.8. The Kier molecular flexibility index (Phi) is 4.23. The van der Waals surface area contributed by atoms with E-state index in [-0.39, 0.29) is 18.4 Å². The first kappa shape index (κ1) is 16.7. The van der Waals surface area contributed by atoms with E-state index in [1.165, 1.54) is 4.90 Å². The van der Waals surface area contributed by atoms with E-state index in [4.69, 9.17) is 0 Å². The van der Waals surface area contributed by atoms with Crippen LogP contribution in [0, 0.1) is 5.92 Å². The van der Waals surface area contributed by atoms with Gasteiger partial charge in [-0.25, -0.2) is 9.59 Å². The molecule has 132 valence electrons. The van der Waals surface area contributed by atoms with Crippen LogP contribution in [0.5, 0.6) is 0 Å². The number of likely N-dealkylation sites (tertiary alicyclic amines) is 1. The molecule has 3 rings (SSSR count). The van der Waals surface area contributed by atoms with Gasteiger partial charge in [0.1, 0.15) is 18.1 Å². The largest absolute Gasteiger partial charge is 0.480 e. The number of carboxylic acid groups (broad SMARTS) is 1. The lowest BCUT2D eigenvalue weighted by Gasteiger charge is -2.36. The zero-order chi connectivity index (χ0) is 17.5. The molecule has 2 heterocycles. The van der Waals surface area contributed by atoms with Crippen molar-refractivity contribution in [3.63, 3.8) is 0 Å². The Morgan fingerprint density at radius 3 is 2.67 bits per heavy atom. The lowest BCUT2D eigenvalue weighted by Crippen LogP contribution is -2.54. The van der Waals surface area contributed by atoms with Crippen molar-refractivity contribution in [2.75, 3.05) is 13.1 Å². The predicted molar refractivity (Wildman–Crippen MR) is 83.0 cm³/mol. The third kappa shape index (κ3) is 2.53. The molecule has 3 aliphatic rings. The average Bonchev–Trinajstić information content (AvgIpc) is 3.11. The molecule has 0 bridgehead atoms. The normalized spacial score (nSPS) is 33.2. The van der Waals surface area contributed by atoms with Crippen LogP contribution in [0.2, 0.25) is 0 Å². The van der Waals surface area contributed by atoms with Gasteiger partial charge in [0.2, 0.25) is 5.91 Å². The number of aliphatic carboxylic acids is 1. The molecule has 2 saturated heterocycles. The van der Waals surface area contributed by atoms with Gasteiger partial charge in [0.15, 0.2) is 0 Å². The zero-order valence-electron chi connectivity index (χ0n) is 13.8. The summed E-state index contributed by atoms with van der Waals surface area (Å²) in [7, 11) is 0. The monoisotopic (exact) mass is 337 g/mol. The minimum atomic E-state index is -1.05. The van der Waals surface area contributed by atoms with Crippen molar-refractivity contribution in [1.29, 1.82) is 0 Å². The number of hydrogen-bond acceptors (Lipinski definition) is 4. The Hall–Kier alpha value is -2.12. The summed E-state index contributed by atoms with van der Waals surface area (Å²) in [5.41, 5.74) is -0.896. The van der Waals surface area contributed by atoms with Gasteiger partial charge in [-0.05, 0) is 31.6 Å². The third-order valence-corrected chi connectivity index (χ3v) is 5.65. The van der Waals surface area contributed by atoms with Crippen molar-refractivity contribution < 1.29 is 24.3 Å². The van der Waals surface area contributed by atoms with Crippen molar-refractivity contribution in [3.8, 4) is 0 Å². The molecule has 8 nitrogen and oxygen atoms in total. The van der Waals surface area contributed by atoms with E-state index in [0.717, 1.165) is 24.2 Å². The van der Waals surface area contributed by atoms with Gasteiger partial charge in [0, 0.05) is 6.54 Å². The van der Waals surface area contributed by atoms with Gasteiger partial charge in [-0.1, -0.05) is 19.8 Å². The second kappa shape index (κ2) is 6.07. The molecule has 3 fully saturated rings. The van der Waals surface area contributed by atoms with E-state index in [0.29, 0.717) is 25.8 Å². The predicted octanol–water partition coefficient (Wildman–Crippen LogP) is 0.563. The van der Waals surface area contributed by atoms with Crippen LogP contribution in [0.25, 0.3) is 0 Å². The molecule has 0 aromatic heterocycles. The molecular formula is C16H23N3O5. The molecule has 0 radical (unpaired) electrons. The fourth-order valence-electron chi connectivity index (χ4n) is 4.19. The van der Waals surface area contributed by atoms with Gasteiger partial charge in [0.05, 0.1) is 0 Å². The summed E-state index contributed by atoms with van der Waals surface area (Å²) in [5, 5.41) is 12.0.